The summed E-state index contributed by atoms with van der Waals surface area (Å²) >= 11 is 0. The first kappa shape index (κ1) is 29.1. The lowest BCUT2D eigenvalue weighted by molar-refractivity contribution is 0.174. The lowest BCUT2D eigenvalue weighted by Crippen LogP contribution is -2.15. The van der Waals surface area contributed by atoms with Crippen molar-refractivity contribution in [1.82, 2.24) is 20.2 Å². The summed E-state index contributed by atoms with van der Waals surface area (Å²) in [5.74, 6) is 1.24. The van der Waals surface area contributed by atoms with E-state index in [1.165, 1.54) is 0 Å². The van der Waals surface area contributed by atoms with Crippen LogP contribution in [0.4, 0.5) is 5.82 Å². The molecule has 0 aliphatic carbocycles. The zero-order chi connectivity index (χ0) is 30.1. The number of anilines is 1. The van der Waals surface area contributed by atoms with Crippen LogP contribution in [0.3, 0.4) is 0 Å². The van der Waals surface area contributed by atoms with Gasteiger partial charge in [-0.15, -0.1) is 5.10 Å². The minimum atomic E-state index is -4.00. The summed E-state index contributed by atoms with van der Waals surface area (Å²) in [4.78, 5) is 7.83. The van der Waals surface area contributed by atoms with Gasteiger partial charge in [-0.2, -0.15) is 0 Å². The summed E-state index contributed by atoms with van der Waals surface area (Å²) in [6.45, 7) is 6.19. The molecule has 2 aromatic heterocycles. The maximum atomic E-state index is 13.3. The van der Waals surface area contributed by atoms with Crippen molar-refractivity contribution in [1.29, 1.82) is 0 Å². The van der Waals surface area contributed by atoms with Gasteiger partial charge in [0.2, 0.25) is 12.7 Å². The van der Waals surface area contributed by atoms with Gasteiger partial charge in [-0.1, -0.05) is 39.0 Å². The summed E-state index contributed by atoms with van der Waals surface area (Å²) in [6, 6.07) is 11.8. The fourth-order valence-electron chi connectivity index (χ4n) is 3.99. The summed E-state index contributed by atoms with van der Waals surface area (Å²) in [5.41, 5.74) is 1.77. The minimum Gasteiger partial charge on any atom is -0.472 e. The van der Waals surface area contributed by atoms with Crippen LogP contribution in [0.25, 0.3) is 11.1 Å². The number of sulfone groups is 1. The first-order valence-corrected chi connectivity index (χ1v) is 16.1. The Labute approximate surface area is 243 Å². The van der Waals surface area contributed by atoms with Crippen molar-refractivity contribution in [2.45, 2.75) is 36.0 Å². The molecule has 0 radical (unpaired) electrons. The second-order valence-electron chi connectivity index (χ2n) is 10.4. The highest BCUT2D eigenvalue weighted by atomic mass is 32.2. The third-order valence-corrected chi connectivity index (χ3v) is 8.68. The average Bonchev–Trinajstić information content (AvgIpc) is 3.56. The number of H-pyrrole nitrogens is 1. The molecule has 4 aromatic rings. The third kappa shape index (κ3) is 6.41. The Hall–Kier alpha value is -4.37. The number of fused-ring (bicyclic) bond motifs is 1. The molecule has 0 fully saturated rings. The molecule has 0 saturated carbocycles. The van der Waals surface area contributed by atoms with Gasteiger partial charge in [0.15, 0.2) is 21.3 Å². The van der Waals surface area contributed by atoms with Crippen molar-refractivity contribution >= 4 is 25.7 Å². The molecule has 3 heterocycles. The van der Waals surface area contributed by atoms with Gasteiger partial charge >= 0.3 is 6.01 Å². The van der Waals surface area contributed by atoms with E-state index in [0.29, 0.717) is 22.6 Å². The summed E-state index contributed by atoms with van der Waals surface area (Å²) in [6.07, 6.45) is 3.36. The smallest absolute Gasteiger partial charge is 0.316 e. The number of hydrogen-bond donors (Lipinski definition) is 2. The Balaban J connectivity index is 1.36. The van der Waals surface area contributed by atoms with E-state index in [2.05, 4.69) is 24.9 Å². The van der Waals surface area contributed by atoms with Gasteiger partial charge in [-0.25, -0.2) is 26.8 Å². The quantitative estimate of drug-likeness (QED) is 0.250. The maximum Gasteiger partial charge on any atom is 0.316 e. The van der Waals surface area contributed by atoms with Gasteiger partial charge in [0.25, 0.3) is 10.0 Å². The van der Waals surface area contributed by atoms with E-state index in [9.17, 15) is 16.8 Å². The maximum absolute atomic E-state index is 13.3. The van der Waals surface area contributed by atoms with Crippen LogP contribution in [0.5, 0.6) is 23.4 Å². The highest BCUT2D eigenvalue weighted by molar-refractivity contribution is 7.92. The van der Waals surface area contributed by atoms with E-state index in [1.807, 2.05) is 20.8 Å². The summed E-state index contributed by atoms with van der Waals surface area (Å²) in [7, 11) is -7.43. The molecule has 0 bridgehead atoms. The van der Waals surface area contributed by atoms with Crippen molar-refractivity contribution in [3.63, 3.8) is 0 Å². The van der Waals surface area contributed by atoms with Crippen LogP contribution in [0.2, 0.25) is 0 Å². The van der Waals surface area contributed by atoms with Crippen LogP contribution in [0, 0.1) is 0 Å². The predicted molar refractivity (Wildman–Crippen MR) is 152 cm³/mol. The zero-order valence-corrected chi connectivity index (χ0v) is 24.9. The van der Waals surface area contributed by atoms with Crippen molar-refractivity contribution in [2.75, 3.05) is 31.0 Å². The standard InChI is InChI=1S/C27H29N5O8S2/c1-27(2,3)18-6-8-19(9-7-18)42(35,36)32-24-23(17-5-10-21-22(13-17)40-16-39-21)25(31-30-24)37-11-12-38-26-28-14-20(15-29-26)41(4,33)34/h5-10,13-15H,11-12,16H2,1-4H3,(H2,30,31,32). The van der Waals surface area contributed by atoms with Crippen LogP contribution in [-0.4, -0.2) is 63.3 Å². The molecule has 1 aliphatic rings. The van der Waals surface area contributed by atoms with Crippen LogP contribution >= 0.6 is 0 Å². The second-order valence-corrected chi connectivity index (χ2v) is 14.1. The van der Waals surface area contributed by atoms with Crippen molar-refractivity contribution in [2.24, 2.45) is 0 Å². The fourth-order valence-corrected chi connectivity index (χ4v) is 5.51. The van der Waals surface area contributed by atoms with Gasteiger partial charge in [0.05, 0.1) is 22.9 Å². The molecule has 2 N–H and O–H groups in total. The summed E-state index contributed by atoms with van der Waals surface area (Å²) < 4.78 is 74.6. The first-order chi connectivity index (χ1) is 19.8. The van der Waals surface area contributed by atoms with Gasteiger partial charge < -0.3 is 18.9 Å². The Bertz CT molecular complexity index is 1800. The summed E-state index contributed by atoms with van der Waals surface area (Å²) in [5, 5.41) is 6.92. The van der Waals surface area contributed by atoms with E-state index >= 15 is 0 Å². The van der Waals surface area contributed by atoms with Crippen LogP contribution < -0.4 is 23.7 Å². The van der Waals surface area contributed by atoms with E-state index in [1.54, 1.807) is 42.5 Å². The highest BCUT2D eigenvalue weighted by Crippen LogP contribution is 2.41. The predicted octanol–water partition coefficient (Wildman–Crippen LogP) is 3.56. The number of benzene rings is 2. The molecule has 2 aromatic carbocycles. The molecular formula is C27H29N5O8S2. The highest BCUT2D eigenvalue weighted by Gasteiger charge is 2.25. The molecule has 0 spiro atoms. The van der Waals surface area contributed by atoms with E-state index in [-0.39, 0.29) is 52.9 Å². The molecule has 0 amide bonds. The topological polar surface area (TPSA) is 172 Å². The number of aromatic amines is 1. The van der Waals surface area contributed by atoms with Gasteiger partial charge in [0, 0.05) is 6.26 Å². The number of ether oxygens (including phenoxy) is 4. The van der Waals surface area contributed by atoms with E-state index in [0.717, 1.165) is 24.2 Å². The second kappa shape index (κ2) is 11.1. The number of rotatable bonds is 10. The number of sulfonamides is 1. The SMILES string of the molecule is CC(C)(C)c1ccc(S(=O)(=O)Nc2[nH]nc(OCCOc3ncc(S(C)(=O)=O)cn3)c2-c2ccc3c(c2)OCO3)cc1. The van der Waals surface area contributed by atoms with Gasteiger partial charge in [0.1, 0.15) is 23.9 Å². The molecule has 1 aliphatic heterocycles. The van der Waals surface area contributed by atoms with E-state index < -0.39 is 19.9 Å². The monoisotopic (exact) mass is 615 g/mol. The van der Waals surface area contributed by atoms with Crippen LogP contribution in [-0.2, 0) is 25.3 Å². The molecule has 13 nitrogen and oxygen atoms in total. The molecule has 0 atom stereocenters. The Morgan fingerprint density at radius 1 is 0.905 bits per heavy atom. The Morgan fingerprint density at radius 2 is 1.57 bits per heavy atom. The minimum absolute atomic E-state index is 0.00710. The number of nitrogens with zero attached hydrogens (tertiary/aromatic N) is 3. The lowest BCUT2D eigenvalue weighted by atomic mass is 9.87. The van der Waals surface area contributed by atoms with Gasteiger partial charge in [-0.05, 0) is 40.8 Å². The molecule has 222 valence electrons. The largest absolute Gasteiger partial charge is 0.472 e. The van der Waals surface area contributed by atoms with Crippen LogP contribution in [0.15, 0.2) is 64.6 Å². The first-order valence-electron chi connectivity index (χ1n) is 12.7. The van der Waals surface area contributed by atoms with Crippen molar-refractivity contribution < 1.29 is 35.8 Å². The third-order valence-electron chi connectivity index (χ3n) is 6.25. The van der Waals surface area contributed by atoms with Crippen LogP contribution in [0.1, 0.15) is 26.3 Å². The molecule has 15 heteroatoms. The molecule has 42 heavy (non-hydrogen) atoms. The average molecular weight is 616 g/mol. The Kier molecular flexibility index (Phi) is 7.72. The number of hydrogen-bond acceptors (Lipinski definition) is 11. The van der Waals surface area contributed by atoms with Gasteiger partial charge in [-0.3, -0.25) is 9.82 Å². The molecule has 0 unspecified atom stereocenters. The number of nitrogens with one attached hydrogen (secondary N) is 2. The van der Waals surface area contributed by atoms with E-state index in [4.69, 9.17) is 18.9 Å². The molecule has 5 rings (SSSR count). The fraction of sp³-hybridized carbons (Fsp3) is 0.296. The molecular weight excluding hydrogens is 586 g/mol. The lowest BCUT2D eigenvalue weighted by Gasteiger charge is -2.19. The normalized spacial score (nSPS) is 13.1. The molecule has 0 saturated heterocycles. The zero-order valence-electron chi connectivity index (χ0n) is 23.2. The number of aromatic nitrogens is 4. The van der Waals surface area contributed by atoms with Crippen molar-refractivity contribution in [3.05, 3.63) is 60.4 Å². The Morgan fingerprint density at radius 3 is 2.24 bits per heavy atom. The van der Waals surface area contributed by atoms with Crippen molar-refractivity contribution in [3.8, 4) is 34.5 Å².